The molecule has 0 bridgehead atoms. The lowest BCUT2D eigenvalue weighted by Gasteiger charge is -2.14. The van der Waals surface area contributed by atoms with Gasteiger partial charge in [-0.3, -0.25) is 4.79 Å². The minimum absolute atomic E-state index is 0.149. The summed E-state index contributed by atoms with van der Waals surface area (Å²) in [5.41, 5.74) is 2.64. The number of aryl methyl sites for hydroxylation is 3. The average Bonchev–Trinajstić information content (AvgIpc) is 2.84. The topological polar surface area (TPSA) is 54.9 Å². The van der Waals surface area contributed by atoms with Crippen LogP contribution in [0.25, 0.3) is 10.2 Å². The van der Waals surface area contributed by atoms with E-state index in [9.17, 15) is 9.18 Å². The molecule has 124 valence electrons. The van der Waals surface area contributed by atoms with Gasteiger partial charge in [0.05, 0.1) is 10.9 Å². The van der Waals surface area contributed by atoms with Gasteiger partial charge in [0.25, 0.3) is 5.91 Å². The first-order valence-corrected chi connectivity index (χ1v) is 8.49. The highest BCUT2D eigenvalue weighted by atomic mass is 32.1. The van der Waals surface area contributed by atoms with Crippen LogP contribution in [0.3, 0.4) is 0 Å². The SMILES string of the molecule is Cc1nc(C)c2c(C)c(C(=O)NC(C)c3ccc(F)cc3)sc2n1. The monoisotopic (exact) mass is 343 g/mol. The van der Waals surface area contributed by atoms with Crippen molar-refractivity contribution in [3.05, 3.63) is 57.6 Å². The maximum Gasteiger partial charge on any atom is 0.262 e. The van der Waals surface area contributed by atoms with Crippen molar-refractivity contribution in [1.82, 2.24) is 15.3 Å². The number of aromatic nitrogens is 2. The van der Waals surface area contributed by atoms with E-state index in [1.165, 1.54) is 23.5 Å². The Bertz CT molecular complexity index is 918. The standard InChI is InChI=1S/C18H18FN3OS/c1-9-15-11(3)20-12(4)22-18(15)24-16(9)17(23)21-10(2)13-5-7-14(19)8-6-13/h5-8,10H,1-4H3,(H,21,23). The predicted molar refractivity (Wildman–Crippen MR) is 93.9 cm³/mol. The second-order valence-electron chi connectivity index (χ2n) is 5.84. The zero-order chi connectivity index (χ0) is 17.4. The predicted octanol–water partition coefficient (Wildman–Crippen LogP) is 4.25. The molecule has 1 atom stereocenters. The summed E-state index contributed by atoms with van der Waals surface area (Å²) in [4.78, 5) is 22.9. The molecule has 4 nitrogen and oxygen atoms in total. The van der Waals surface area contributed by atoms with E-state index >= 15 is 0 Å². The highest BCUT2D eigenvalue weighted by molar-refractivity contribution is 7.20. The third-order valence-corrected chi connectivity index (χ3v) is 5.19. The second kappa shape index (κ2) is 6.28. The third kappa shape index (κ3) is 3.01. The van der Waals surface area contributed by atoms with Crippen LogP contribution in [0, 0.1) is 26.6 Å². The minimum Gasteiger partial charge on any atom is -0.345 e. The summed E-state index contributed by atoms with van der Waals surface area (Å²) < 4.78 is 13.0. The van der Waals surface area contributed by atoms with Crippen molar-refractivity contribution in [3.8, 4) is 0 Å². The summed E-state index contributed by atoms with van der Waals surface area (Å²) in [6, 6.07) is 5.93. The summed E-state index contributed by atoms with van der Waals surface area (Å²) in [6.07, 6.45) is 0. The lowest BCUT2D eigenvalue weighted by Crippen LogP contribution is -2.26. The number of hydrogen-bond donors (Lipinski definition) is 1. The van der Waals surface area contributed by atoms with Crippen LogP contribution in [-0.4, -0.2) is 15.9 Å². The van der Waals surface area contributed by atoms with Crippen LogP contribution in [0.4, 0.5) is 4.39 Å². The molecule has 0 saturated carbocycles. The molecule has 1 unspecified atom stereocenters. The number of nitrogens with zero attached hydrogens (tertiary/aromatic N) is 2. The number of carbonyl (C=O) groups excluding carboxylic acids is 1. The lowest BCUT2D eigenvalue weighted by atomic mass is 10.1. The molecule has 0 aliphatic carbocycles. The van der Waals surface area contributed by atoms with Gasteiger partial charge in [-0.1, -0.05) is 12.1 Å². The molecule has 3 aromatic rings. The first kappa shape index (κ1) is 16.5. The van der Waals surface area contributed by atoms with Crippen LogP contribution in [0.15, 0.2) is 24.3 Å². The molecule has 3 rings (SSSR count). The van der Waals surface area contributed by atoms with Crippen molar-refractivity contribution in [3.63, 3.8) is 0 Å². The van der Waals surface area contributed by atoms with Gasteiger partial charge in [-0.05, 0) is 51.0 Å². The lowest BCUT2D eigenvalue weighted by molar-refractivity contribution is 0.0943. The van der Waals surface area contributed by atoms with Crippen LogP contribution in [0.5, 0.6) is 0 Å². The van der Waals surface area contributed by atoms with Crippen LogP contribution in [-0.2, 0) is 0 Å². The Morgan fingerprint density at radius 2 is 1.83 bits per heavy atom. The number of amides is 1. The number of hydrogen-bond acceptors (Lipinski definition) is 4. The first-order chi connectivity index (χ1) is 11.4. The zero-order valence-corrected chi connectivity index (χ0v) is 14.8. The Balaban J connectivity index is 1.90. The molecule has 0 saturated heterocycles. The Kier molecular flexibility index (Phi) is 4.32. The van der Waals surface area contributed by atoms with Crippen LogP contribution in [0.1, 0.15) is 45.3 Å². The van der Waals surface area contributed by atoms with Gasteiger partial charge in [0.15, 0.2) is 0 Å². The highest BCUT2D eigenvalue weighted by Crippen LogP contribution is 2.31. The van der Waals surface area contributed by atoms with Gasteiger partial charge in [0.2, 0.25) is 0 Å². The largest absolute Gasteiger partial charge is 0.345 e. The molecule has 6 heteroatoms. The quantitative estimate of drug-likeness (QED) is 0.773. The fourth-order valence-corrected chi connectivity index (χ4v) is 3.97. The van der Waals surface area contributed by atoms with Gasteiger partial charge < -0.3 is 5.32 Å². The van der Waals surface area contributed by atoms with Gasteiger partial charge in [-0.2, -0.15) is 0 Å². The Morgan fingerprint density at radius 3 is 2.50 bits per heavy atom. The summed E-state index contributed by atoms with van der Waals surface area (Å²) in [5.74, 6) is 0.263. The molecule has 0 fully saturated rings. The molecular weight excluding hydrogens is 325 g/mol. The molecule has 2 heterocycles. The molecule has 0 aliphatic heterocycles. The molecular formula is C18H18FN3OS. The van der Waals surface area contributed by atoms with Crippen molar-refractivity contribution in [2.45, 2.75) is 33.7 Å². The molecule has 0 radical (unpaired) electrons. The van der Waals surface area contributed by atoms with Crippen molar-refractivity contribution in [2.75, 3.05) is 0 Å². The summed E-state index contributed by atoms with van der Waals surface area (Å²) in [7, 11) is 0. The summed E-state index contributed by atoms with van der Waals surface area (Å²) in [6.45, 7) is 7.57. The van der Waals surface area contributed by atoms with Crippen molar-refractivity contribution in [2.24, 2.45) is 0 Å². The van der Waals surface area contributed by atoms with Gasteiger partial charge >= 0.3 is 0 Å². The van der Waals surface area contributed by atoms with E-state index in [2.05, 4.69) is 15.3 Å². The Morgan fingerprint density at radius 1 is 1.17 bits per heavy atom. The number of halogens is 1. The minimum atomic E-state index is -0.290. The maximum atomic E-state index is 13.0. The van der Waals surface area contributed by atoms with E-state index in [1.807, 2.05) is 27.7 Å². The van der Waals surface area contributed by atoms with E-state index in [1.54, 1.807) is 12.1 Å². The fraction of sp³-hybridized carbons (Fsp3) is 0.278. The van der Waals surface area contributed by atoms with E-state index in [4.69, 9.17) is 0 Å². The van der Waals surface area contributed by atoms with Crippen molar-refractivity contribution >= 4 is 27.5 Å². The third-order valence-electron chi connectivity index (χ3n) is 4.01. The zero-order valence-electron chi connectivity index (χ0n) is 14.0. The van der Waals surface area contributed by atoms with E-state index in [0.717, 1.165) is 27.0 Å². The number of fused-ring (bicyclic) bond motifs is 1. The smallest absolute Gasteiger partial charge is 0.262 e. The van der Waals surface area contributed by atoms with Crippen molar-refractivity contribution in [1.29, 1.82) is 0 Å². The maximum absolute atomic E-state index is 13.0. The number of nitrogens with one attached hydrogen (secondary N) is 1. The van der Waals surface area contributed by atoms with E-state index in [0.29, 0.717) is 10.7 Å². The second-order valence-corrected chi connectivity index (χ2v) is 6.84. The molecule has 1 aromatic carbocycles. The number of carbonyl (C=O) groups is 1. The Hall–Kier alpha value is -2.34. The summed E-state index contributed by atoms with van der Waals surface area (Å²) in [5, 5.41) is 3.92. The summed E-state index contributed by atoms with van der Waals surface area (Å²) >= 11 is 1.38. The molecule has 0 aliphatic rings. The highest BCUT2D eigenvalue weighted by Gasteiger charge is 2.20. The number of rotatable bonds is 3. The average molecular weight is 343 g/mol. The normalized spacial score (nSPS) is 12.4. The Labute approximate surface area is 143 Å². The molecule has 0 spiro atoms. The molecule has 2 aromatic heterocycles. The van der Waals surface area contributed by atoms with Gasteiger partial charge in [0, 0.05) is 11.1 Å². The molecule has 1 N–H and O–H groups in total. The van der Waals surface area contributed by atoms with Gasteiger partial charge in [0.1, 0.15) is 16.5 Å². The fourth-order valence-electron chi connectivity index (χ4n) is 2.79. The van der Waals surface area contributed by atoms with Gasteiger partial charge in [-0.25, -0.2) is 14.4 Å². The van der Waals surface area contributed by atoms with E-state index in [-0.39, 0.29) is 17.8 Å². The van der Waals surface area contributed by atoms with E-state index < -0.39 is 0 Å². The van der Waals surface area contributed by atoms with Gasteiger partial charge in [-0.15, -0.1) is 11.3 Å². The number of benzene rings is 1. The van der Waals surface area contributed by atoms with Crippen LogP contribution >= 0.6 is 11.3 Å². The first-order valence-electron chi connectivity index (χ1n) is 7.67. The van der Waals surface area contributed by atoms with Crippen LogP contribution < -0.4 is 5.32 Å². The number of thiophene rings is 1. The van der Waals surface area contributed by atoms with Crippen LogP contribution in [0.2, 0.25) is 0 Å². The molecule has 1 amide bonds. The van der Waals surface area contributed by atoms with Crippen molar-refractivity contribution < 1.29 is 9.18 Å². The molecule has 24 heavy (non-hydrogen) atoms.